The summed E-state index contributed by atoms with van der Waals surface area (Å²) in [6.07, 6.45) is 1.74. The van der Waals surface area contributed by atoms with Gasteiger partial charge in [0.1, 0.15) is 11.6 Å². The van der Waals surface area contributed by atoms with Crippen molar-refractivity contribution >= 4 is 17.4 Å². The number of ether oxygens (including phenoxy) is 3. The quantitative estimate of drug-likeness (QED) is 0.736. The third kappa shape index (κ3) is 4.80. The average molecular weight is 377 g/mol. The van der Waals surface area contributed by atoms with E-state index in [2.05, 4.69) is 28.9 Å². The Hall–Kier alpha value is -1.98. The molecule has 0 saturated carbocycles. The molecule has 26 heavy (non-hydrogen) atoms. The van der Waals surface area contributed by atoms with Crippen LogP contribution in [0.4, 0.5) is 5.82 Å². The van der Waals surface area contributed by atoms with E-state index in [4.69, 9.17) is 25.8 Å². The van der Waals surface area contributed by atoms with Gasteiger partial charge in [0, 0.05) is 30.6 Å². The first kappa shape index (κ1) is 18.8. The van der Waals surface area contributed by atoms with Crippen molar-refractivity contribution in [2.24, 2.45) is 0 Å². The summed E-state index contributed by atoms with van der Waals surface area (Å²) in [6.45, 7) is 5.73. The maximum absolute atomic E-state index is 6.25. The van der Waals surface area contributed by atoms with Crippen molar-refractivity contribution in [2.75, 3.05) is 44.9 Å². The highest BCUT2D eigenvalue weighted by atomic mass is 35.5. The minimum Gasteiger partial charge on any atom is -0.496 e. The van der Waals surface area contributed by atoms with Crippen LogP contribution in [0.5, 0.6) is 11.6 Å². The molecule has 1 aliphatic rings. The van der Waals surface area contributed by atoms with Gasteiger partial charge in [-0.15, -0.1) is 0 Å². The van der Waals surface area contributed by atoms with E-state index in [0.29, 0.717) is 30.7 Å². The largest absolute Gasteiger partial charge is 0.496 e. The molecule has 0 atom stereocenters. The summed E-state index contributed by atoms with van der Waals surface area (Å²) in [5.41, 5.74) is 2.43. The van der Waals surface area contributed by atoms with E-state index >= 15 is 0 Å². The van der Waals surface area contributed by atoms with E-state index in [9.17, 15) is 0 Å². The Balaban J connectivity index is 1.62. The van der Waals surface area contributed by atoms with Crippen LogP contribution in [0.25, 0.3) is 0 Å². The highest BCUT2D eigenvalue weighted by Gasteiger charge is 2.14. The number of morpholine rings is 1. The van der Waals surface area contributed by atoms with Gasteiger partial charge in [-0.2, -0.15) is 4.98 Å². The van der Waals surface area contributed by atoms with Gasteiger partial charge in [-0.1, -0.05) is 30.7 Å². The molecule has 2 heterocycles. The second-order valence-electron chi connectivity index (χ2n) is 6.18. The van der Waals surface area contributed by atoms with Crippen molar-refractivity contribution in [1.82, 2.24) is 4.98 Å². The van der Waals surface area contributed by atoms with Gasteiger partial charge >= 0.3 is 0 Å². The Morgan fingerprint density at radius 1 is 1.19 bits per heavy atom. The van der Waals surface area contributed by atoms with Gasteiger partial charge < -0.3 is 19.1 Å². The van der Waals surface area contributed by atoms with Crippen LogP contribution < -0.4 is 14.4 Å². The molecular weight excluding hydrogens is 352 g/mol. The lowest BCUT2D eigenvalue weighted by atomic mass is 10.1. The maximum atomic E-state index is 6.25. The molecule has 1 fully saturated rings. The zero-order chi connectivity index (χ0) is 18.4. The predicted molar refractivity (Wildman–Crippen MR) is 104 cm³/mol. The van der Waals surface area contributed by atoms with Crippen LogP contribution in [0.2, 0.25) is 5.02 Å². The molecule has 2 aromatic rings. The SMILES string of the molecule is CCc1cc(CCOc2cc(Cl)cc(N3CCOCC3)n2)ccc1OC. The van der Waals surface area contributed by atoms with E-state index in [-0.39, 0.29) is 0 Å². The van der Waals surface area contributed by atoms with E-state index in [1.54, 1.807) is 13.2 Å². The molecule has 1 aromatic heterocycles. The van der Waals surface area contributed by atoms with Gasteiger partial charge in [0.2, 0.25) is 5.88 Å². The summed E-state index contributed by atoms with van der Waals surface area (Å²) in [7, 11) is 1.70. The number of methoxy groups -OCH3 is 1. The first-order chi connectivity index (χ1) is 12.7. The Morgan fingerprint density at radius 3 is 2.73 bits per heavy atom. The molecule has 0 spiro atoms. The number of hydrogen-bond donors (Lipinski definition) is 0. The third-order valence-corrected chi connectivity index (χ3v) is 4.67. The Labute approximate surface area is 159 Å². The van der Waals surface area contributed by atoms with Crippen LogP contribution >= 0.6 is 11.6 Å². The molecule has 5 nitrogen and oxygen atoms in total. The fraction of sp³-hybridized carbons (Fsp3) is 0.450. The third-order valence-electron chi connectivity index (χ3n) is 4.45. The fourth-order valence-corrected chi connectivity index (χ4v) is 3.22. The monoisotopic (exact) mass is 376 g/mol. The van der Waals surface area contributed by atoms with E-state index < -0.39 is 0 Å². The summed E-state index contributed by atoms with van der Waals surface area (Å²) < 4.78 is 16.6. The summed E-state index contributed by atoms with van der Waals surface area (Å²) in [5, 5.41) is 0.634. The standard InChI is InChI=1S/C20H25ClN2O3/c1-3-16-12-15(4-5-18(16)24-2)6-9-26-20-14-17(21)13-19(22-20)23-7-10-25-11-8-23/h4-5,12-14H,3,6-11H2,1-2H3. The lowest BCUT2D eigenvalue weighted by Gasteiger charge is -2.28. The lowest BCUT2D eigenvalue weighted by Crippen LogP contribution is -2.36. The molecule has 1 saturated heterocycles. The molecule has 0 unspecified atom stereocenters. The summed E-state index contributed by atoms with van der Waals surface area (Å²) in [4.78, 5) is 6.76. The Morgan fingerprint density at radius 2 is 2.00 bits per heavy atom. The first-order valence-corrected chi connectivity index (χ1v) is 9.36. The van der Waals surface area contributed by atoms with Crippen LogP contribution in [0.3, 0.4) is 0 Å². The highest BCUT2D eigenvalue weighted by Crippen LogP contribution is 2.24. The van der Waals surface area contributed by atoms with Crippen molar-refractivity contribution in [2.45, 2.75) is 19.8 Å². The van der Waals surface area contributed by atoms with Crippen LogP contribution in [0.15, 0.2) is 30.3 Å². The molecule has 0 aliphatic carbocycles. The first-order valence-electron chi connectivity index (χ1n) is 8.98. The Bertz CT molecular complexity index is 733. The number of hydrogen-bond acceptors (Lipinski definition) is 5. The number of aryl methyl sites for hydroxylation is 1. The van der Waals surface area contributed by atoms with Gasteiger partial charge in [-0.25, -0.2) is 0 Å². The fourth-order valence-electron chi connectivity index (χ4n) is 3.03. The smallest absolute Gasteiger partial charge is 0.216 e. The summed E-state index contributed by atoms with van der Waals surface area (Å²) >= 11 is 6.25. The Kier molecular flexibility index (Phi) is 6.58. The second-order valence-corrected chi connectivity index (χ2v) is 6.62. The van der Waals surface area contributed by atoms with Crippen LogP contribution in [0, 0.1) is 0 Å². The molecule has 0 N–H and O–H groups in total. The summed E-state index contributed by atoms with van der Waals surface area (Å²) in [6, 6.07) is 9.90. The molecule has 0 bridgehead atoms. The van der Waals surface area contributed by atoms with Crippen molar-refractivity contribution in [3.8, 4) is 11.6 Å². The molecule has 6 heteroatoms. The van der Waals surface area contributed by atoms with Gasteiger partial charge in [0.05, 0.1) is 26.9 Å². The minimum absolute atomic E-state index is 0.547. The van der Waals surface area contributed by atoms with E-state index in [1.165, 1.54) is 11.1 Å². The molecule has 1 aliphatic heterocycles. The zero-order valence-corrected chi connectivity index (χ0v) is 16.1. The minimum atomic E-state index is 0.547. The molecular formula is C20H25ClN2O3. The second kappa shape index (κ2) is 9.10. The number of benzene rings is 1. The molecule has 0 amide bonds. The van der Waals surface area contributed by atoms with E-state index in [1.807, 2.05) is 12.1 Å². The van der Waals surface area contributed by atoms with Gasteiger partial charge in [0.15, 0.2) is 0 Å². The number of nitrogens with zero attached hydrogens (tertiary/aromatic N) is 2. The van der Waals surface area contributed by atoms with Crippen molar-refractivity contribution in [3.63, 3.8) is 0 Å². The number of aromatic nitrogens is 1. The number of pyridine rings is 1. The average Bonchev–Trinajstić information content (AvgIpc) is 2.68. The van der Waals surface area contributed by atoms with Crippen molar-refractivity contribution in [1.29, 1.82) is 0 Å². The number of anilines is 1. The molecule has 1 aromatic carbocycles. The van der Waals surface area contributed by atoms with Crippen molar-refractivity contribution < 1.29 is 14.2 Å². The lowest BCUT2D eigenvalue weighted by molar-refractivity contribution is 0.122. The van der Waals surface area contributed by atoms with E-state index in [0.717, 1.165) is 37.5 Å². The molecule has 3 rings (SSSR count). The summed E-state index contributed by atoms with van der Waals surface area (Å²) in [5.74, 6) is 2.33. The van der Waals surface area contributed by atoms with Gasteiger partial charge in [-0.05, 0) is 29.7 Å². The van der Waals surface area contributed by atoms with Gasteiger partial charge in [0.25, 0.3) is 0 Å². The van der Waals surface area contributed by atoms with Crippen LogP contribution in [-0.2, 0) is 17.6 Å². The normalized spacial score (nSPS) is 14.3. The highest BCUT2D eigenvalue weighted by molar-refractivity contribution is 6.30. The van der Waals surface area contributed by atoms with Crippen molar-refractivity contribution in [3.05, 3.63) is 46.5 Å². The van der Waals surface area contributed by atoms with Gasteiger partial charge in [-0.3, -0.25) is 0 Å². The maximum Gasteiger partial charge on any atom is 0.216 e. The predicted octanol–water partition coefficient (Wildman–Crippen LogP) is 3.76. The molecule has 0 radical (unpaired) electrons. The zero-order valence-electron chi connectivity index (χ0n) is 15.3. The molecule has 140 valence electrons. The number of rotatable bonds is 7. The topological polar surface area (TPSA) is 43.8 Å². The van der Waals surface area contributed by atoms with Crippen LogP contribution in [-0.4, -0.2) is 45.0 Å². The number of halogens is 1. The van der Waals surface area contributed by atoms with Crippen LogP contribution in [0.1, 0.15) is 18.1 Å².